The summed E-state index contributed by atoms with van der Waals surface area (Å²) < 4.78 is 5.24. The first-order valence-corrected chi connectivity index (χ1v) is 7.88. The van der Waals surface area contributed by atoms with Crippen LogP contribution in [0, 0.1) is 10.1 Å². The van der Waals surface area contributed by atoms with Crippen LogP contribution in [0.2, 0.25) is 5.02 Å². The standard InChI is InChI=1S/C17H12ClN3O5/c1-9(15-19-13-5-3-2-4-11(13)16(22)20-15)26-17(23)12-7-6-10(18)8-14(12)21(24)25/h2-9H,1H3,(H,19,20,22). The fourth-order valence-corrected chi connectivity index (χ4v) is 2.57. The van der Waals surface area contributed by atoms with Crippen molar-refractivity contribution in [2.45, 2.75) is 13.0 Å². The van der Waals surface area contributed by atoms with Crippen molar-refractivity contribution in [1.29, 1.82) is 0 Å². The third-order valence-electron chi connectivity index (χ3n) is 3.68. The Kier molecular flexibility index (Phi) is 4.68. The Bertz CT molecular complexity index is 1080. The summed E-state index contributed by atoms with van der Waals surface area (Å²) in [5.74, 6) is -0.782. The molecular weight excluding hydrogens is 362 g/mol. The molecular formula is C17H12ClN3O5. The van der Waals surface area contributed by atoms with Gasteiger partial charge in [-0.3, -0.25) is 14.9 Å². The summed E-state index contributed by atoms with van der Waals surface area (Å²) in [5, 5.41) is 11.6. The Morgan fingerprint density at radius 2 is 2.04 bits per heavy atom. The normalized spacial score (nSPS) is 11.9. The van der Waals surface area contributed by atoms with Gasteiger partial charge in [-0.25, -0.2) is 9.78 Å². The molecule has 26 heavy (non-hydrogen) atoms. The maximum absolute atomic E-state index is 12.3. The number of rotatable bonds is 4. The van der Waals surface area contributed by atoms with Crippen LogP contribution in [-0.4, -0.2) is 20.9 Å². The van der Waals surface area contributed by atoms with Gasteiger partial charge in [-0.2, -0.15) is 0 Å². The van der Waals surface area contributed by atoms with Gasteiger partial charge >= 0.3 is 5.97 Å². The molecule has 0 radical (unpaired) electrons. The van der Waals surface area contributed by atoms with Crippen LogP contribution < -0.4 is 5.56 Å². The number of carbonyl (C=O) groups is 1. The monoisotopic (exact) mass is 373 g/mol. The van der Waals surface area contributed by atoms with Crippen molar-refractivity contribution in [2.24, 2.45) is 0 Å². The zero-order chi connectivity index (χ0) is 18.8. The van der Waals surface area contributed by atoms with E-state index >= 15 is 0 Å². The summed E-state index contributed by atoms with van der Waals surface area (Å²) in [7, 11) is 0. The second-order valence-corrected chi connectivity index (χ2v) is 5.87. The van der Waals surface area contributed by atoms with Crippen molar-refractivity contribution in [3.63, 3.8) is 0 Å². The smallest absolute Gasteiger partial charge is 0.345 e. The average Bonchev–Trinajstić information content (AvgIpc) is 2.61. The summed E-state index contributed by atoms with van der Waals surface area (Å²) in [5.41, 5.74) is -0.623. The van der Waals surface area contributed by atoms with Crippen molar-refractivity contribution in [3.8, 4) is 0 Å². The topological polar surface area (TPSA) is 115 Å². The maximum Gasteiger partial charge on any atom is 0.345 e. The predicted octanol–water partition coefficient (Wildman–Crippen LogP) is 3.40. The van der Waals surface area contributed by atoms with Gasteiger partial charge in [0.25, 0.3) is 11.2 Å². The zero-order valence-corrected chi connectivity index (χ0v) is 14.2. The summed E-state index contributed by atoms with van der Waals surface area (Å²) in [6.45, 7) is 1.51. The van der Waals surface area contributed by atoms with Crippen LogP contribution in [0.1, 0.15) is 29.2 Å². The van der Waals surface area contributed by atoms with E-state index in [1.165, 1.54) is 19.1 Å². The van der Waals surface area contributed by atoms with Gasteiger partial charge in [-0.15, -0.1) is 0 Å². The molecule has 8 nitrogen and oxygen atoms in total. The van der Waals surface area contributed by atoms with Crippen molar-refractivity contribution < 1.29 is 14.5 Å². The van der Waals surface area contributed by atoms with Gasteiger partial charge in [0.05, 0.1) is 15.8 Å². The Morgan fingerprint density at radius 3 is 2.77 bits per heavy atom. The molecule has 0 aliphatic rings. The van der Waals surface area contributed by atoms with Crippen LogP contribution in [0.3, 0.4) is 0 Å². The highest BCUT2D eigenvalue weighted by atomic mass is 35.5. The molecule has 0 aliphatic heterocycles. The molecule has 0 amide bonds. The number of nitro groups is 1. The Morgan fingerprint density at radius 1 is 1.31 bits per heavy atom. The van der Waals surface area contributed by atoms with Crippen LogP contribution in [0.5, 0.6) is 0 Å². The highest BCUT2D eigenvalue weighted by Gasteiger charge is 2.24. The van der Waals surface area contributed by atoms with Gasteiger partial charge in [0.2, 0.25) is 0 Å². The number of fused-ring (bicyclic) bond motifs is 1. The second-order valence-electron chi connectivity index (χ2n) is 5.43. The quantitative estimate of drug-likeness (QED) is 0.425. The summed E-state index contributed by atoms with van der Waals surface area (Å²) >= 11 is 5.73. The first-order valence-electron chi connectivity index (χ1n) is 7.50. The number of carbonyl (C=O) groups excluding carboxylic acids is 1. The zero-order valence-electron chi connectivity index (χ0n) is 13.4. The summed E-state index contributed by atoms with van der Waals surface area (Å²) in [4.78, 5) is 41.6. The van der Waals surface area contributed by atoms with Gasteiger partial charge in [0, 0.05) is 11.1 Å². The minimum atomic E-state index is -0.921. The Labute approximate surface area is 151 Å². The third-order valence-corrected chi connectivity index (χ3v) is 3.91. The number of esters is 1. The van der Waals surface area contributed by atoms with E-state index in [1.54, 1.807) is 24.3 Å². The number of hydrogen-bond donors (Lipinski definition) is 1. The predicted molar refractivity (Wildman–Crippen MR) is 94.3 cm³/mol. The fourth-order valence-electron chi connectivity index (χ4n) is 2.41. The lowest BCUT2D eigenvalue weighted by Gasteiger charge is -2.13. The number of aromatic nitrogens is 2. The molecule has 1 unspecified atom stereocenters. The van der Waals surface area contributed by atoms with E-state index in [0.717, 1.165) is 6.07 Å². The number of benzene rings is 2. The lowest BCUT2D eigenvalue weighted by atomic mass is 10.2. The van der Waals surface area contributed by atoms with Gasteiger partial charge in [0.1, 0.15) is 5.56 Å². The number of aromatic amines is 1. The molecule has 0 bridgehead atoms. The SMILES string of the molecule is CC(OC(=O)c1ccc(Cl)cc1[N+](=O)[O-])c1nc2ccccc2c(=O)[nH]1. The molecule has 3 rings (SSSR count). The molecule has 132 valence electrons. The summed E-state index contributed by atoms with van der Waals surface area (Å²) in [6.07, 6.45) is -0.921. The molecule has 1 aromatic heterocycles. The number of H-pyrrole nitrogens is 1. The molecule has 3 aromatic rings. The second kappa shape index (κ2) is 6.93. The lowest BCUT2D eigenvalue weighted by molar-refractivity contribution is -0.385. The minimum Gasteiger partial charge on any atom is -0.451 e. The first-order chi connectivity index (χ1) is 12.4. The van der Waals surface area contributed by atoms with Crippen LogP contribution in [0.25, 0.3) is 10.9 Å². The van der Waals surface area contributed by atoms with Gasteiger partial charge < -0.3 is 9.72 Å². The fraction of sp³-hybridized carbons (Fsp3) is 0.118. The van der Waals surface area contributed by atoms with Crippen LogP contribution in [-0.2, 0) is 4.74 Å². The van der Waals surface area contributed by atoms with Crippen molar-refractivity contribution in [1.82, 2.24) is 9.97 Å². The molecule has 0 aliphatic carbocycles. The molecule has 0 saturated carbocycles. The lowest BCUT2D eigenvalue weighted by Crippen LogP contribution is -2.18. The number of halogens is 1. The minimum absolute atomic E-state index is 0.127. The Balaban J connectivity index is 1.91. The van der Waals surface area contributed by atoms with Crippen LogP contribution in [0.15, 0.2) is 47.3 Å². The van der Waals surface area contributed by atoms with Crippen molar-refractivity contribution in [3.05, 3.63) is 79.3 Å². The number of nitrogens with zero attached hydrogens (tertiary/aromatic N) is 2. The van der Waals surface area contributed by atoms with Crippen LogP contribution >= 0.6 is 11.6 Å². The molecule has 2 aromatic carbocycles. The number of hydrogen-bond acceptors (Lipinski definition) is 6. The van der Waals surface area contributed by atoms with Crippen LogP contribution in [0.4, 0.5) is 5.69 Å². The van der Waals surface area contributed by atoms with E-state index in [0.29, 0.717) is 10.9 Å². The number of nitrogens with one attached hydrogen (secondary N) is 1. The van der Waals surface area contributed by atoms with Crippen molar-refractivity contribution >= 4 is 34.2 Å². The number of nitro benzene ring substituents is 1. The van der Waals surface area contributed by atoms with Gasteiger partial charge in [-0.05, 0) is 31.2 Å². The van der Waals surface area contributed by atoms with E-state index in [1.807, 2.05) is 0 Å². The number of ether oxygens (including phenoxy) is 1. The van der Waals surface area contributed by atoms with Gasteiger partial charge in [-0.1, -0.05) is 23.7 Å². The molecule has 1 atom stereocenters. The molecule has 0 spiro atoms. The summed E-state index contributed by atoms with van der Waals surface area (Å²) in [6, 6.07) is 10.4. The van der Waals surface area contributed by atoms with E-state index in [9.17, 15) is 19.7 Å². The molecule has 0 fully saturated rings. The van der Waals surface area contributed by atoms with E-state index < -0.39 is 22.7 Å². The average molecular weight is 374 g/mol. The highest BCUT2D eigenvalue weighted by Crippen LogP contribution is 2.25. The maximum atomic E-state index is 12.3. The third kappa shape index (κ3) is 3.40. The Hall–Kier alpha value is -3.26. The van der Waals surface area contributed by atoms with E-state index in [4.69, 9.17) is 16.3 Å². The highest BCUT2D eigenvalue weighted by molar-refractivity contribution is 6.31. The van der Waals surface area contributed by atoms with E-state index in [-0.39, 0.29) is 22.0 Å². The van der Waals surface area contributed by atoms with Gasteiger partial charge in [0.15, 0.2) is 11.9 Å². The molecule has 1 heterocycles. The number of para-hydroxylation sites is 1. The largest absolute Gasteiger partial charge is 0.451 e. The molecule has 0 saturated heterocycles. The van der Waals surface area contributed by atoms with Crippen molar-refractivity contribution in [2.75, 3.05) is 0 Å². The van der Waals surface area contributed by atoms with E-state index in [2.05, 4.69) is 9.97 Å². The first kappa shape index (κ1) is 17.6. The molecule has 9 heteroatoms. The molecule has 1 N–H and O–H groups in total.